The van der Waals surface area contributed by atoms with Crippen molar-refractivity contribution < 1.29 is 9.32 Å². The molecule has 26 heavy (non-hydrogen) atoms. The molecular formula is C17H19N7O2. The Bertz CT molecular complexity index is 883. The summed E-state index contributed by atoms with van der Waals surface area (Å²) in [5.41, 5.74) is 1.15. The van der Waals surface area contributed by atoms with Gasteiger partial charge in [0, 0.05) is 32.0 Å². The number of rotatable bonds is 6. The molecule has 1 aliphatic carbocycles. The molecule has 0 spiro atoms. The zero-order valence-corrected chi connectivity index (χ0v) is 14.3. The normalized spacial score (nSPS) is 19.0. The van der Waals surface area contributed by atoms with E-state index in [4.69, 9.17) is 4.52 Å². The molecule has 4 rings (SSSR count). The highest BCUT2D eigenvalue weighted by Crippen LogP contribution is 2.29. The van der Waals surface area contributed by atoms with Crippen LogP contribution in [0.3, 0.4) is 0 Å². The number of carbonyl (C=O) groups is 1. The second-order valence-electron chi connectivity index (χ2n) is 6.45. The molecule has 0 unspecified atom stereocenters. The van der Waals surface area contributed by atoms with Crippen LogP contribution in [0.1, 0.15) is 23.2 Å². The Morgan fingerprint density at radius 1 is 1.38 bits per heavy atom. The molecule has 0 aromatic carbocycles. The molecule has 0 bridgehead atoms. The standard InChI is InChI=1S/C17H19N7O2/c1-24-9-12(7-21-24)16-14(8-22-26-16)17(25)19-6-11-4-13(5-11)23-15-2-3-18-10-20-15/h2-3,7-11,13H,4-6H2,1H3,(H,19,25)(H,18,20,23). The quantitative estimate of drug-likeness (QED) is 0.690. The number of hydrogen-bond donors (Lipinski definition) is 2. The van der Waals surface area contributed by atoms with Crippen LogP contribution < -0.4 is 10.6 Å². The highest BCUT2D eigenvalue weighted by molar-refractivity contribution is 5.99. The highest BCUT2D eigenvalue weighted by Gasteiger charge is 2.30. The lowest BCUT2D eigenvalue weighted by molar-refractivity contribution is 0.0937. The van der Waals surface area contributed by atoms with E-state index in [1.54, 1.807) is 23.3 Å². The van der Waals surface area contributed by atoms with Crippen molar-refractivity contribution in [3.05, 3.63) is 42.7 Å². The van der Waals surface area contributed by atoms with Gasteiger partial charge < -0.3 is 15.2 Å². The molecule has 2 N–H and O–H groups in total. The lowest BCUT2D eigenvalue weighted by atomic mass is 9.80. The summed E-state index contributed by atoms with van der Waals surface area (Å²) in [6.07, 6.45) is 10.1. The predicted octanol–water partition coefficient (Wildman–Crippen LogP) is 1.49. The van der Waals surface area contributed by atoms with E-state index < -0.39 is 0 Å². The minimum absolute atomic E-state index is 0.183. The average Bonchev–Trinajstić information content (AvgIpc) is 3.26. The molecule has 0 radical (unpaired) electrons. The number of anilines is 1. The van der Waals surface area contributed by atoms with E-state index in [0.29, 0.717) is 29.8 Å². The minimum Gasteiger partial charge on any atom is -0.367 e. The third-order valence-corrected chi connectivity index (χ3v) is 4.50. The summed E-state index contributed by atoms with van der Waals surface area (Å²) in [6, 6.07) is 2.23. The molecule has 9 heteroatoms. The van der Waals surface area contributed by atoms with E-state index in [-0.39, 0.29) is 5.91 Å². The van der Waals surface area contributed by atoms with Gasteiger partial charge in [0.25, 0.3) is 5.91 Å². The van der Waals surface area contributed by atoms with Gasteiger partial charge >= 0.3 is 0 Å². The van der Waals surface area contributed by atoms with Crippen molar-refractivity contribution in [2.75, 3.05) is 11.9 Å². The van der Waals surface area contributed by atoms with Crippen LogP contribution >= 0.6 is 0 Å². The Morgan fingerprint density at radius 2 is 2.27 bits per heavy atom. The van der Waals surface area contributed by atoms with Crippen molar-refractivity contribution in [3.63, 3.8) is 0 Å². The number of carbonyl (C=O) groups excluding carboxylic acids is 1. The van der Waals surface area contributed by atoms with E-state index in [9.17, 15) is 4.79 Å². The van der Waals surface area contributed by atoms with Crippen LogP contribution in [0.15, 0.2) is 41.7 Å². The SMILES string of the molecule is Cn1cc(-c2oncc2C(=O)NCC2CC(Nc3ccncn3)C2)cn1. The average molecular weight is 353 g/mol. The molecule has 1 saturated carbocycles. The van der Waals surface area contributed by atoms with Crippen LogP contribution in [-0.2, 0) is 7.05 Å². The molecule has 1 aliphatic rings. The first-order valence-corrected chi connectivity index (χ1v) is 8.43. The van der Waals surface area contributed by atoms with Crippen LogP contribution in [0, 0.1) is 5.92 Å². The smallest absolute Gasteiger partial charge is 0.256 e. The Kier molecular flexibility index (Phi) is 4.34. The van der Waals surface area contributed by atoms with Crippen molar-refractivity contribution in [1.82, 2.24) is 30.2 Å². The molecule has 9 nitrogen and oxygen atoms in total. The summed E-state index contributed by atoms with van der Waals surface area (Å²) in [7, 11) is 1.81. The molecule has 1 amide bonds. The highest BCUT2D eigenvalue weighted by atomic mass is 16.5. The summed E-state index contributed by atoms with van der Waals surface area (Å²) < 4.78 is 6.88. The van der Waals surface area contributed by atoms with Crippen LogP contribution in [0.5, 0.6) is 0 Å². The maximum Gasteiger partial charge on any atom is 0.256 e. The van der Waals surface area contributed by atoms with Gasteiger partial charge in [0.1, 0.15) is 17.7 Å². The molecule has 0 aliphatic heterocycles. The first kappa shape index (κ1) is 16.2. The Hall–Kier alpha value is -3.23. The first-order chi connectivity index (χ1) is 12.7. The van der Waals surface area contributed by atoms with Gasteiger partial charge in [0.2, 0.25) is 0 Å². The fraction of sp³-hybridized carbons (Fsp3) is 0.353. The summed E-state index contributed by atoms with van der Waals surface area (Å²) in [4.78, 5) is 20.5. The summed E-state index contributed by atoms with van der Waals surface area (Å²) in [6.45, 7) is 0.623. The Labute approximate surface area is 149 Å². The maximum atomic E-state index is 12.5. The molecule has 134 valence electrons. The maximum absolute atomic E-state index is 12.5. The lowest BCUT2D eigenvalue weighted by Crippen LogP contribution is -2.42. The second-order valence-corrected chi connectivity index (χ2v) is 6.45. The molecule has 3 aromatic rings. The monoisotopic (exact) mass is 353 g/mol. The zero-order chi connectivity index (χ0) is 17.9. The Morgan fingerprint density at radius 3 is 3.00 bits per heavy atom. The number of nitrogens with one attached hydrogen (secondary N) is 2. The van der Waals surface area contributed by atoms with Crippen molar-refractivity contribution in [2.24, 2.45) is 13.0 Å². The van der Waals surface area contributed by atoms with E-state index >= 15 is 0 Å². The minimum atomic E-state index is -0.183. The molecule has 3 heterocycles. The van der Waals surface area contributed by atoms with E-state index in [0.717, 1.165) is 24.2 Å². The Balaban J connectivity index is 1.28. The second kappa shape index (κ2) is 6.95. The third kappa shape index (κ3) is 3.41. The van der Waals surface area contributed by atoms with Gasteiger partial charge in [0.15, 0.2) is 5.76 Å². The third-order valence-electron chi connectivity index (χ3n) is 4.50. The van der Waals surface area contributed by atoms with Crippen molar-refractivity contribution in [2.45, 2.75) is 18.9 Å². The molecule has 1 fully saturated rings. The van der Waals surface area contributed by atoms with Gasteiger partial charge in [-0.05, 0) is 24.8 Å². The van der Waals surface area contributed by atoms with Crippen LogP contribution in [0.4, 0.5) is 5.82 Å². The largest absolute Gasteiger partial charge is 0.367 e. The van der Waals surface area contributed by atoms with Crippen molar-refractivity contribution in [3.8, 4) is 11.3 Å². The van der Waals surface area contributed by atoms with Crippen LogP contribution in [0.25, 0.3) is 11.3 Å². The molecule has 3 aromatic heterocycles. The van der Waals surface area contributed by atoms with E-state index in [1.807, 2.05) is 13.1 Å². The molecular weight excluding hydrogens is 334 g/mol. The number of nitrogens with zero attached hydrogens (tertiary/aromatic N) is 5. The fourth-order valence-corrected chi connectivity index (χ4v) is 3.09. The summed E-state index contributed by atoms with van der Waals surface area (Å²) in [5.74, 6) is 1.53. The van der Waals surface area contributed by atoms with Gasteiger partial charge in [-0.25, -0.2) is 9.97 Å². The first-order valence-electron chi connectivity index (χ1n) is 8.43. The van der Waals surface area contributed by atoms with E-state index in [2.05, 4.69) is 30.9 Å². The predicted molar refractivity (Wildman–Crippen MR) is 93.2 cm³/mol. The lowest BCUT2D eigenvalue weighted by Gasteiger charge is -2.36. The number of aromatic nitrogens is 5. The van der Waals surface area contributed by atoms with Crippen LogP contribution in [-0.4, -0.2) is 43.4 Å². The molecule has 0 saturated heterocycles. The molecule has 0 atom stereocenters. The van der Waals surface area contributed by atoms with Gasteiger partial charge in [-0.2, -0.15) is 5.10 Å². The number of aryl methyl sites for hydroxylation is 1. The van der Waals surface area contributed by atoms with E-state index in [1.165, 1.54) is 12.5 Å². The topological polar surface area (TPSA) is 111 Å². The van der Waals surface area contributed by atoms with Crippen molar-refractivity contribution in [1.29, 1.82) is 0 Å². The van der Waals surface area contributed by atoms with Gasteiger partial charge in [-0.3, -0.25) is 9.48 Å². The van der Waals surface area contributed by atoms with Crippen LogP contribution in [0.2, 0.25) is 0 Å². The van der Waals surface area contributed by atoms with Gasteiger partial charge in [-0.1, -0.05) is 5.16 Å². The summed E-state index contributed by atoms with van der Waals surface area (Å²) >= 11 is 0. The van der Waals surface area contributed by atoms with Gasteiger partial charge in [0.05, 0.1) is 18.0 Å². The fourth-order valence-electron chi connectivity index (χ4n) is 3.09. The van der Waals surface area contributed by atoms with Gasteiger partial charge in [-0.15, -0.1) is 0 Å². The number of hydrogen-bond acceptors (Lipinski definition) is 7. The number of amides is 1. The zero-order valence-electron chi connectivity index (χ0n) is 14.3. The van der Waals surface area contributed by atoms with Crippen molar-refractivity contribution >= 4 is 11.7 Å². The summed E-state index contributed by atoms with van der Waals surface area (Å²) in [5, 5.41) is 14.2.